The number of nitrogens with zero attached hydrogens (tertiary/aromatic N) is 4. The molecule has 31 heavy (non-hydrogen) atoms. The van der Waals surface area contributed by atoms with Crippen LogP contribution < -0.4 is 5.56 Å². The molecule has 1 aliphatic rings. The van der Waals surface area contributed by atoms with Gasteiger partial charge in [-0.3, -0.25) is 4.79 Å². The lowest BCUT2D eigenvalue weighted by atomic mass is 9.88. The highest BCUT2D eigenvalue weighted by Crippen LogP contribution is 2.31. The van der Waals surface area contributed by atoms with Crippen molar-refractivity contribution in [3.8, 4) is 5.69 Å². The highest BCUT2D eigenvalue weighted by Gasteiger charge is 2.22. The molecule has 5 nitrogen and oxygen atoms in total. The molecule has 0 spiro atoms. The lowest BCUT2D eigenvalue weighted by molar-refractivity contribution is 0.416. The zero-order chi connectivity index (χ0) is 21.2. The molecule has 0 saturated heterocycles. The van der Waals surface area contributed by atoms with Crippen LogP contribution in [0.15, 0.2) is 76.8 Å². The maximum atomic E-state index is 13.4. The fraction of sp³-hybridized carbons (Fsp3) is 0.269. The van der Waals surface area contributed by atoms with Gasteiger partial charge in [-0.05, 0) is 61.7 Å². The van der Waals surface area contributed by atoms with E-state index in [1.807, 2.05) is 48.7 Å². The van der Waals surface area contributed by atoms with Crippen molar-refractivity contribution >= 4 is 17.1 Å². The number of benzene rings is 2. The fourth-order valence-electron chi connectivity index (χ4n) is 4.51. The molecule has 1 aliphatic carbocycles. The van der Waals surface area contributed by atoms with Crippen LogP contribution in [0.3, 0.4) is 0 Å². The van der Waals surface area contributed by atoms with Gasteiger partial charge in [-0.25, -0.2) is 4.98 Å². The zero-order valence-corrected chi connectivity index (χ0v) is 17.7. The summed E-state index contributed by atoms with van der Waals surface area (Å²) in [5, 5.41) is 5.28. The molecule has 0 radical (unpaired) electrons. The molecule has 0 atom stereocenters. The Morgan fingerprint density at radius 1 is 1.00 bits per heavy atom. The lowest BCUT2D eigenvalue weighted by Crippen LogP contribution is -2.25. The van der Waals surface area contributed by atoms with E-state index in [1.54, 1.807) is 6.21 Å². The molecule has 1 fully saturated rings. The summed E-state index contributed by atoms with van der Waals surface area (Å²) in [7, 11) is 0. The Labute approximate surface area is 181 Å². The van der Waals surface area contributed by atoms with E-state index in [0.29, 0.717) is 5.39 Å². The third-order valence-electron chi connectivity index (χ3n) is 6.11. The van der Waals surface area contributed by atoms with Crippen molar-refractivity contribution < 1.29 is 0 Å². The van der Waals surface area contributed by atoms with Gasteiger partial charge in [0, 0.05) is 17.8 Å². The van der Waals surface area contributed by atoms with Gasteiger partial charge in [-0.2, -0.15) is 9.78 Å². The van der Waals surface area contributed by atoms with Crippen LogP contribution in [-0.2, 0) is 0 Å². The number of aryl methyl sites for hydroxylation is 1. The second-order valence-electron chi connectivity index (χ2n) is 8.33. The molecule has 0 N–H and O–H groups in total. The first-order valence-electron chi connectivity index (χ1n) is 11.0. The number of hydrogen-bond donors (Lipinski definition) is 0. The van der Waals surface area contributed by atoms with Crippen molar-refractivity contribution in [1.82, 2.24) is 14.2 Å². The first kappa shape index (κ1) is 19.5. The Morgan fingerprint density at radius 3 is 2.68 bits per heavy atom. The van der Waals surface area contributed by atoms with Gasteiger partial charge in [0.25, 0.3) is 5.56 Å². The van der Waals surface area contributed by atoms with E-state index in [-0.39, 0.29) is 11.5 Å². The molecular formula is C26H26N4O. The molecule has 156 valence electrons. The minimum atomic E-state index is -0.101. The summed E-state index contributed by atoms with van der Waals surface area (Å²) in [6.07, 6.45) is 9.49. The van der Waals surface area contributed by atoms with Gasteiger partial charge in [0.1, 0.15) is 5.82 Å². The Morgan fingerprint density at radius 2 is 1.84 bits per heavy atom. The van der Waals surface area contributed by atoms with Crippen LogP contribution in [-0.4, -0.2) is 20.4 Å². The van der Waals surface area contributed by atoms with Crippen molar-refractivity contribution in [3.63, 3.8) is 0 Å². The summed E-state index contributed by atoms with van der Waals surface area (Å²) < 4.78 is 3.61. The van der Waals surface area contributed by atoms with Gasteiger partial charge < -0.3 is 4.57 Å². The Bertz CT molecular complexity index is 1310. The summed E-state index contributed by atoms with van der Waals surface area (Å²) in [5.41, 5.74) is 3.84. The summed E-state index contributed by atoms with van der Waals surface area (Å²) in [4.78, 5) is 18.2. The Kier molecular flexibility index (Phi) is 5.24. The van der Waals surface area contributed by atoms with Crippen molar-refractivity contribution in [2.24, 2.45) is 5.10 Å². The maximum absolute atomic E-state index is 13.4. The van der Waals surface area contributed by atoms with E-state index in [0.717, 1.165) is 35.6 Å². The summed E-state index contributed by atoms with van der Waals surface area (Å²) >= 11 is 0. The van der Waals surface area contributed by atoms with Gasteiger partial charge in [-0.1, -0.05) is 43.5 Å². The molecule has 1 saturated carbocycles. The van der Waals surface area contributed by atoms with Crippen molar-refractivity contribution in [1.29, 1.82) is 0 Å². The third kappa shape index (κ3) is 3.83. The van der Waals surface area contributed by atoms with E-state index in [9.17, 15) is 4.79 Å². The van der Waals surface area contributed by atoms with Crippen molar-refractivity contribution in [2.45, 2.75) is 44.9 Å². The zero-order valence-electron chi connectivity index (χ0n) is 17.7. The molecule has 0 unspecified atom stereocenters. The topological polar surface area (TPSA) is 52.2 Å². The van der Waals surface area contributed by atoms with E-state index in [1.165, 1.54) is 29.5 Å². The molecular weight excluding hydrogens is 384 g/mol. The van der Waals surface area contributed by atoms with E-state index < -0.39 is 0 Å². The minimum absolute atomic E-state index is 0.101. The van der Waals surface area contributed by atoms with Gasteiger partial charge in [0.2, 0.25) is 0 Å². The van der Waals surface area contributed by atoms with Gasteiger partial charge >= 0.3 is 0 Å². The van der Waals surface area contributed by atoms with E-state index >= 15 is 0 Å². The highest BCUT2D eigenvalue weighted by atomic mass is 16.1. The predicted octanol–water partition coefficient (Wildman–Crippen LogP) is 5.43. The monoisotopic (exact) mass is 410 g/mol. The average molecular weight is 411 g/mol. The van der Waals surface area contributed by atoms with Crippen LogP contribution in [0.5, 0.6) is 0 Å². The number of fused-ring (bicyclic) bond motifs is 1. The quantitative estimate of drug-likeness (QED) is 0.422. The first-order valence-corrected chi connectivity index (χ1v) is 11.0. The minimum Gasteiger partial charge on any atom is -0.316 e. The third-order valence-corrected chi connectivity index (χ3v) is 6.11. The number of hydrogen-bond acceptors (Lipinski definition) is 3. The molecule has 0 amide bonds. The largest absolute Gasteiger partial charge is 0.316 e. The summed E-state index contributed by atoms with van der Waals surface area (Å²) in [6.45, 7) is 2.08. The lowest BCUT2D eigenvalue weighted by Gasteiger charge is -2.22. The van der Waals surface area contributed by atoms with Crippen LogP contribution in [0, 0.1) is 6.92 Å². The van der Waals surface area contributed by atoms with Gasteiger partial charge in [0.05, 0.1) is 22.8 Å². The molecule has 5 heteroatoms. The molecule has 0 aliphatic heterocycles. The molecule has 5 rings (SSSR count). The van der Waals surface area contributed by atoms with Crippen LogP contribution in [0.4, 0.5) is 0 Å². The molecule has 2 aromatic heterocycles. The standard InChI is InChI=1S/C26H26N4O/c1-19-9-7-12-21(17-19)29-16-8-13-22(29)18-27-30-25(20-10-3-2-4-11-20)28-24-15-6-5-14-23(24)26(30)31/h5-9,12-18,20H,2-4,10-11H2,1H3. The molecule has 2 aromatic carbocycles. The molecule has 4 aromatic rings. The number of rotatable bonds is 4. The predicted molar refractivity (Wildman–Crippen MR) is 125 cm³/mol. The number of para-hydroxylation sites is 1. The number of aromatic nitrogens is 3. The Balaban J connectivity index is 1.61. The van der Waals surface area contributed by atoms with Crippen molar-refractivity contribution in [3.05, 3.63) is 94.3 Å². The normalized spacial score (nSPS) is 15.1. The molecule has 2 heterocycles. The smallest absolute Gasteiger partial charge is 0.282 e. The Hall–Kier alpha value is -3.47. The second-order valence-corrected chi connectivity index (χ2v) is 8.33. The highest BCUT2D eigenvalue weighted by molar-refractivity contribution is 5.80. The van der Waals surface area contributed by atoms with Gasteiger partial charge in [-0.15, -0.1) is 0 Å². The molecule has 0 bridgehead atoms. The maximum Gasteiger partial charge on any atom is 0.282 e. The van der Waals surface area contributed by atoms with Crippen LogP contribution >= 0.6 is 0 Å². The van der Waals surface area contributed by atoms with Gasteiger partial charge in [0.15, 0.2) is 0 Å². The first-order chi connectivity index (χ1) is 15.2. The second kappa shape index (κ2) is 8.34. The van der Waals surface area contributed by atoms with Crippen LogP contribution in [0.25, 0.3) is 16.6 Å². The SMILES string of the molecule is Cc1cccc(-n2cccc2C=Nn2c(C3CCCCC3)nc3ccccc3c2=O)c1. The average Bonchev–Trinajstić information content (AvgIpc) is 3.28. The van der Waals surface area contributed by atoms with Crippen LogP contribution in [0.1, 0.15) is 55.1 Å². The van der Waals surface area contributed by atoms with E-state index in [2.05, 4.69) is 34.8 Å². The van der Waals surface area contributed by atoms with Crippen LogP contribution in [0.2, 0.25) is 0 Å². The summed E-state index contributed by atoms with van der Waals surface area (Å²) in [5.74, 6) is 1.06. The van der Waals surface area contributed by atoms with Crippen molar-refractivity contribution in [2.75, 3.05) is 0 Å². The van der Waals surface area contributed by atoms with E-state index in [4.69, 9.17) is 4.98 Å². The summed E-state index contributed by atoms with van der Waals surface area (Å²) in [6, 6.07) is 19.9. The fourth-order valence-corrected chi connectivity index (χ4v) is 4.51.